The normalized spacial score (nSPS) is 16.0. The van der Waals surface area contributed by atoms with Crippen molar-refractivity contribution in [3.8, 4) is 17.1 Å². The van der Waals surface area contributed by atoms with Gasteiger partial charge in [0.1, 0.15) is 5.75 Å². The molecule has 0 bridgehead atoms. The number of benzene rings is 1. The molecule has 1 aliphatic carbocycles. The standard InChI is InChI=1S/C29H42N2O3/c1-4-7-9-10-18-33-29(32)34-26-15-13-24(14-16-26)28-30-21-25-20-23(12-17-27(25)31-28)19-22(6-3)11-8-5-2/h13-16,21-23H,4-12,17-20H2,1-3H3. The lowest BCUT2D eigenvalue weighted by molar-refractivity contribution is 0.0973. The summed E-state index contributed by atoms with van der Waals surface area (Å²) in [4.78, 5) is 21.4. The minimum atomic E-state index is -0.649. The molecule has 0 fully saturated rings. The maximum Gasteiger partial charge on any atom is 0.513 e. The van der Waals surface area contributed by atoms with E-state index in [0.717, 1.165) is 61.7 Å². The van der Waals surface area contributed by atoms with E-state index in [-0.39, 0.29) is 0 Å². The summed E-state index contributed by atoms with van der Waals surface area (Å²) in [5, 5.41) is 0. The first-order valence-corrected chi connectivity index (χ1v) is 13.4. The third-order valence-corrected chi connectivity index (χ3v) is 6.99. The van der Waals surface area contributed by atoms with Gasteiger partial charge in [-0.2, -0.15) is 0 Å². The van der Waals surface area contributed by atoms with Crippen molar-refractivity contribution in [2.45, 2.75) is 97.8 Å². The predicted octanol–water partition coefficient (Wildman–Crippen LogP) is 7.95. The number of ether oxygens (including phenoxy) is 2. The van der Waals surface area contributed by atoms with Crippen LogP contribution in [-0.4, -0.2) is 22.7 Å². The lowest BCUT2D eigenvalue weighted by atomic mass is 9.79. The first kappa shape index (κ1) is 26.2. The highest BCUT2D eigenvalue weighted by molar-refractivity contribution is 5.65. The maximum absolute atomic E-state index is 11.9. The van der Waals surface area contributed by atoms with Crippen molar-refractivity contribution in [1.29, 1.82) is 0 Å². The Balaban J connectivity index is 1.52. The van der Waals surface area contributed by atoms with Crippen LogP contribution in [-0.2, 0) is 17.6 Å². The molecule has 0 saturated heterocycles. The van der Waals surface area contributed by atoms with Crippen LogP contribution in [0.1, 0.15) is 96.2 Å². The molecule has 34 heavy (non-hydrogen) atoms. The lowest BCUT2D eigenvalue weighted by Crippen LogP contribution is -2.19. The summed E-state index contributed by atoms with van der Waals surface area (Å²) < 4.78 is 10.4. The zero-order valence-electron chi connectivity index (χ0n) is 21.4. The van der Waals surface area contributed by atoms with E-state index in [9.17, 15) is 4.79 Å². The van der Waals surface area contributed by atoms with Gasteiger partial charge in [0.2, 0.25) is 0 Å². The van der Waals surface area contributed by atoms with Crippen LogP contribution in [0.5, 0.6) is 5.75 Å². The SMILES string of the molecule is CCCCCCOC(=O)Oc1ccc(-c2ncc3c(n2)CCC(CC(CC)CCCC)C3)cc1. The van der Waals surface area contributed by atoms with Gasteiger partial charge in [-0.1, -0.05) is 65.7 Å². The van der Waals surface area contributed by atoms with Crippen molar-refractivity contribution in [3.05, 3.63) is 41.7 Å². The minimum absolute atomic E-state index is 0.401. The van der Waals surface area contributed by atoms with Gasteiger partial charge in [-0.05, 0) is 73.8 Å². The van der Waals surface area contributed by atoms with E-state index < -0.39 is 6.16 Å². The van der Waals surface area contributed by atoms with Gasteiger partial charge in [-0.25, -0.2) is 14.8 Å². The molecule has 0 radical (unpaired) electrons. The van der Waals surface area contributed by atoms with Crippen molar-refractivity contribution in [1.82, 2.24) is 9.97 Å². The van der Waals surface area contributed by atoms with E-state index in [1.165, 1.54) is 49.8 Å². The summed E-state index contributed by atoms with van der Waals surface area (Å²) in [6.45, 7) is 7.17. The van der Waals surface area contributed by atoms with Gasteiger partial charge in [0, 0.05) is 17.5 Å². The summed E-state index contributed by atoms with van der Waals surface area (Å²) in [7, 11) is 0. The van der Waals surface area contributed by atoms with E-state index in [4.69, 9.17) is 14.5 Å². The summed E-state index contributed by atoms with van der Waals surface area (Å²) in [5.41, 5.74) is 3.43. The molecule has 186 valence electrons. The van der Waals surface area contributed by atoms with Gasteiger partial charge >= 0.3 is 6.16 Å². The van der Waals surface area contributed by atoms with Gasteiger partial charge in [0.25, 0.3) is 0 Å². The number of aryl methyl sites for hydroxylation is 1. The number of carbonyl (C=O) groups is 1. The number of hydrogen-bond acceptors (Lipinski definition) is 5. The zero-order chi connectivity index (χ0) is 24.2. The molecule has 5 heteroatoms. The molecule has 1 heterocycles. The number of fused-ring (bicyclic) bond motifs is 1. The summed E-state index contributed by atoms with van der Waals surface area (Å²) in [5.74, 6) is 2.81. The molecule has 5 nitrogen and oxygen atoms in total. The highest BCUT2D eigenvalue weighted by Crippen LogP contribution is 2.32. The highest BCUT2D eigenvalue weighted by atomic mass is 16.7. The van der Waals surface area contributed by atoms with Crippen molar-refractivity contribution in [3.63, 3.8) is 0 Å². The fourth-order valence-electron chi connectivity index (χ4n) is 4.86. The molecule has 0 aliphatic heterocycles. The molecule has 2 unspecified atom stereocenters. The van der Waals surface area contributed by atoms with Gasteiger partial charge in [0.15, 0.2) is 5.82 Å². The fourth-order valence-corrected chi connectivity index (χ4v) is 4.86. The third kappa shape index (κ3) is 8.11. The number of unbranched alkanes of at least 4 members (excludes halogenated alkanes) is 4. The molecule has 1 aromatic carbocycles. The van der Waals surface area contributed by atoms with E-state index in [1.807, 2.05) is 18.3 Å². The Morgan fingerprint density at radius 1 is 1.06 bits per heavy atom. The van der Waals surface area contributed by atoms with E-state index in [1.54, 1.807) is 12.1 Å². The second kappa shape index (κ2) is 14.1. The van der Waals surface area contributed by atoms with Crippen LogP contribution < -0.4 is 4.74 Å². The van der Waals surface area contributed by atoms with Crippen LogP contribution in [0.25, 0.3) is 11.4 Å². The Morgan fingerprint density at radius 2 is 1.85 bits per heavy atom. The smallest absolute Gasteiger partial charge is 0.434 e. The molecule has 0 amide bonds. The first-order valence-electron chi connectivity index (χ1n) is 13.4. The number of carbonyl (C=O) groups excluding carboxylic acids is 1. The quantitative estimate of drug-likeness (QED) is 0.170. The monoisotopic (exact) mass is 466 g/mol. The number of aromatic nitrogens is 2. The first-order chi connectivity index (χ1) is 16.6. The zero-order valence-corrected chi connectivity index (χ0v) is 21.4. The van der Waals surface area contributed by atoms with Gasteiger partial charge in [-0.3, -0.25) is 0 Å². The Morgan fingerprint density at radius 3 is 2.59 bits per heavy atom. The second-order valence-electron chi connectivity index (χ2n) is 9.71. The van der Waals surface area contributed by atoms with Crippen molar-refractivity contribution >= 4 is 6.16 Å². The molecule has 2 atom stereocenters. The Labute approximate surface area is 205 Å². The summed E-state index contributed by atoms with van der Waals surface area (Å²) in [6, 6.07) is 7.34. The number of nitrogens with zero attached hydrogens (tertiary/aromatic N) is 2. The van der Waals surface area contributed by atoms with Crippen molar-refractivity contribution in [2.24, 2.45) is 11.8 Å². The Bertz CT molecular complexity index is 881. The van der Waals surface area contributed by atoms with E-state index in [2.05, 4.69) is 25.8 Å². The van der Waals surface area contributed by atoms with E-state index in [0.29, 0.717) is 12.4 Å². The molecule has 1 aromatic heterocycles. The van der Waals surface area contributed by atoms with Crippen LogP contribution in [0, 0.1) is 11.8 Å². The van der Waals surface area contributed by atoms with Crippen LogP contribution in [0.4, 0.5) is 4.79 Å². The lowest BCUT2D eigenvalue weighted by Gasteiger charge is -2.27. The largest absolute Gasteiger partial charge is 0.513 e. The highest BCUT2D eigenvalue weighted by Gasteiger charge is 2.23. The molecule has 0 saturated carbocycles. The average Bonchev–Trinajstić information content (AvgIpc) is 2.86. The van der Waals surface area contributed by atoms with Crippen molar-refractivity contribution in [2.75, 3.05) is 6.61 Å². The van der Waals surface area contributed by atoms with Gasteiger partial charge < -0.3 is 9.47 Å². The average molecular weight is 467 g/mol. The minimum Gasteiger partial charge on any atom is -0.434 e. The number of hydrogen-bond donors (Lipinski definition) is 0. The molecule has 2 aromatic rings. The molecular formula is C29H42N2O3. The van der Waals surface area contributed by atoms with Gasteiger partial charge in [0.05, 0.1) is 6.61 Å². The summed E-state index contributed by atoms with van der Waals surface area (Å²) in [6.07, 6.45) is 15.6. The van der Waals surface area contributed by atoms with Crippen LogP contribution in [0.2, 0.25) is 0 Å². The van der Waals surface area contributed by atoms with Crippen molar-refractivity contribution < 1.29 is 14.3 Å². The molecule has 3 rings (SSSR count). The number of rotatable bonds is 13. The maximum atomic E-state index is 11.9. The predicted molar refractivity (Wildman–Crippen MR) is 137 cm³/mol. The van der Waals surface area contributed by atoms with E-state index >= 15 is 0 Å². The summed E-state index contributed by atoms with van der Waals surface area (Å²) >= 11 is 0. The van der Waals surface area contributed by atoms with Crippen LogP contribution in [0.15, 0.2) is 30.5 Å². The Hall–Kier alpha value is -2.43. The Kier molecular flexibility index (Phi) is 10.8. The van der Waals surface area contributed by atoms with Gasteiger partial charge in [-0.15, -0.1) is 0 Å². The second-order valence-corrected chi connectivity index (χ2v) is 9.71. The fraction of sp³-hybridized carbons (Fsp3) is 0.621. The molecular weight excluding hydrogens is 424 g/mol. The van der Waals surface area contributed by atoms with Crippen LogP contribution in [0.3, 0.4) is 0 Å². The topological polar surface area (TPSA) is 61.3 Å². The molecule has 0 N–H and O–H groups in total. The molecule has 1 aliphatic rings. The van der Waals surface area contributed by atoms with Crippen LogP contribution >= 0.6 is 0 Å². The molecule has 0 spiro atoms. The third-order valence-electron chi connectivity index (χ3n) is 6.99.